The average Bonchev–Trinajstić information content (AvgIpc) is 2.29. The summed E-state index contributed by atoms with van der Waals surface area (Å²) in [7, 11) is 0. The largest absolute Gasteiger partial charge is 0.388 e. The molecule has 70 valence electrons. The van der Waals surface area contributed by atoms with Crippen molar-refractivity contribution in [2.24, 2.45) is 5.92 Å². The van der Waals surface area contributed by atoms with Crippen molar-refractivity contribution >= 4 is 18.5 Å². The molecule has 1 rings (SSSR count). The van der Waals surface area contributed by atoms with Crippen LogP contribution in [0.1, 0.15) is 20.3 Å². The molecule has 1 heterocycles. The fraction of sp³-hybridized carbons (Fsp3) is 0.875. The van der Waals surface area contributed by atoms with Gasteiger partial charge in [-0.25, -0.2) is 0 Å². The van der Waals surface area contributed by atoms with Crippen molar-refractivity contribution in [3.8, 4) is 0 Å². The van der Waals surface area contributed by atoms with Gasteiger partial charge in [-0.15, -0.1) is 0 Å². The molecule has 1 fully saturated rings. The molecule has 1 aliphatic heterocycles. The summed E-state index contributed by atoms with van der Waals surface area (Å²) in [6.07, 6.45) is 0.686. The van der Waals surface area contributed by atoms with Gasteiger partial charge in [0, 0.05) is 11.7 Å². The van der Waals surface area contributed by atoms with E-state index in [-0.39, 0.29) is 17.9 Å². The van der Waals surface area contributed by atoms with Gasteiger partial charge in [-0.2, -0.15) is 12.6 Å². The zero-order valence-electron chi connectivity index (χ0n) is 7.37. The van der Waals surface area contributed by atoms with Crippen LogP contribution in [0, 0.1) is 5.92 Å². The molecule has 0 aliphatic carbocycles. The standard InChI is InChI=1S/C8H15NO2S/c1-8(2,11)6-3-5(4-12)7(10)9-6/h5-6,11-12H,3-4H2,1-2H3,(H,9,10)/t5-,6+/m1/s1. The molecule has 2 atom stereocenters. The predicted octanol–water partition coefficient (Wildman–Crippen LogP) is 0.192. The lowest BCUT2D eigenvalue weighted by molar-refractivity contribution is -0.122. The van der Waals surface area contributed by atoms with E-state index in [9.17, 15) is 9.90 Å². The van der Waals surface area contributed by atoms with Gasteiger partial charge in [-0.05, 0) is 20.3 Å². The highest BCUT2D eigenvalue weighted by molar-refractivity contribution is 7.80. The molecule has 0 radical (unpaired) electrons. The van der Waals surface area contributed by atoms with Gasteiger partial charge in [0.05, 0.1) is 11.6 Å². The lowest BCUT2D eigenvalue weighted by Crippen LogP contribution is -2.43. The highest BCUT2D eigenvalue weighted by atomic mass is 32.1. The van der Waals surface area contributed by atoms with E-state index in [4.69, 9.17) is 0 Å². The minimum Gasteiger partial charge on any atom is -0.388 e. The maximum atomic E-state index is 11.2. The molecule has 3 nitrogen and oxygen atoms in total. The van der Waals surface area contributed by atoms with Gasteiger partial charge >= 0.3 is 0 Å². The fourth-order valence-electron chi connectivity index (χ4n) is 1.36. The number of rotatable bonds is 2. The summed E-state index contributed by atoms with van der Waals surface area (Å²) in [6, 6.07) is -0.123. The summed E-state index contributed by atoms with van der Waals surface area (Å²) in [5, 5.41) is 12.4. The molecule has 1 saturated heterocycles. The van der Waals surface area contributed by atoms with Gasteiger partial charge in [0.2, 0.25) is 5.91 Å². The maximum Gasteiger partial charge on any atom is 0.224 e. The Hall–Kier alpha value is -0.220. The van der Waals surface area contributed by atoms with Crippen molar-refractivity contribution in [1.29, 1.82) is 0 Å². The van der Waals surface area contributed by atoms with Crippen molar-refractivity contribution in [3.05, 3.63) is 0 Å². The van der Waals surface area contributed by atoms with Gasteiger partial charge in [0.15, 0.2) is 0 Å². The minimum absolute atomic E-state index is 0.0112. The molecule has 1 amide bonds. The van der Waals surface area contributed by atoms with Crippen LogP contribution >= 0.6 is 12.6 Å². The molecular weight excluding hydrogens is 174 g/mol. The molecule has 0 spiro atoms. The van der Waals surface area contributed by atoms with Gasteiger partial charge in [0.1, 0.15) is 0 Å². The Morgan fingerprint density at radius 1 is 1.75 bits per heavy atom. The summed E-state index contributed by atoms with van der Waals surface area (Å²) in [4.78, 5) is 11.2. The zero-order chi connectivity index (χ0) is 9.35. The van der Waals surface area contributed by atoms with Gasteiger partial charge in [-0.1, -0.05) is 0 Å². The molecule has 2 N–H and O–H groups in total. The third-order valence-corrected chi connectivity index (χ3v) is 2.72. The number of amides is 1. The van der Waals surface area contributed by atoms with Gasteiger partial charge in [-0.3, -0.25) is 4.79 Å². The Bertz CT molecular complexity index is 188. The molecule has 1 aliphatic rings. The minimum atomic E-state index is -0.826. The molecule has 0 aromatic rings. The maximum absolute atomic E-state index is 11.2. The molecular formula is C8H15NO2S. The molecule has 0 aromatic heterocycles. The molecule has 0 aromatic carbocycles. The predicted molar refractivity (Wildman–Crippen MR) is 50.2 cm³/mol. The average molecular weight is 189 g/mol. The smallest absolute Gasteiger partial charge is 0.224 e. The Labute approximate surface area is 77.9 Å². The fourth-order valence-corrected chi connectivity index (χ4v) is 1.68. The highest BCUT2D eigenvalue weighted by Gasteiger charge is 2.38. The lowest BCUT2D eigenvalue weighted by atomic mass is 9.95. The van der Waals surface area contributed by atoms with Crippen LogP contribution in [0.25, 0.3) is 0 Å². The van der Waals surface area contributed by atoms with Crippen molar-refractivity contribution in [3.63, 3.8) is 0 Å². The Balaban J connectivity index is 2.60. The third kappa shape index (κ3) is 1.93. The van der Waals surface area contributed by atoms with Crippen LogP contribution in [0.2, 0.25) is 0 Å². The Morgan fingerprint density at radius 2 is 2.33 bits per heavy atom. The van der Waals surface area contributed by atoms with E-state index >= 15 is 0 Å². The zero-order valence-corrected chi connectivity index (χ0v) is 8.27. The van der Waals surface area contributed by atoms with E-state index < -0.39 is 5.60 Å². The summed E-state index contributed by atoms with van der Waals surface area (Å²) >= 11 is 4.07. The number of thiol groups is 1. The second kappa shape index (κ2) is 3.26. The third-order valence-electron chi connectivity index (χ3n) is 2.28. The van der Waals surface area contributed by atoms with Crippen LogP contribution in [0.5, 0.6) is 0 Å². The number of carbonyl (C=O) groups is 1. The molecule has 4 heteroatoms. The number of nitrogens with one attached hydrogen (secondary N) is 1. The van der Waals surface area contributed by atoms with Crippen LogP contribution in [0.15, 0.2) is 0 Å². The first-order chi connectivity index (χ1) is 5.45. The first kappa shape index (κ1) is 9.86. The van der Waals surface area contributed by atoms with Crippen LogP contribution in [-0.2, 0) is 4.79 Å². The van der Waals surface area contributed by atoms with Crippen molar-refractivity contribution in [1.82, 2.24) is 5.32 Å². The lowest BCUT2D eigenvalue weighted by Gasteiger charge is -2.24. The summed E-state index contributed by atoms with van der Waals surface area (Å²) in [5.74, 6) is 0.528. The SMILES string of the molecule is CC(C)(O)[C@@H]1C[C@H](CS)C(=O)N1. The van der Waals surface area contributed by atoms with Crippen LogP contribution in [0.4, 0.5) is 0 Å². The summed E-state index contributed by atoms with van der Waals surface area (Å²) in [5.41, 5.74) is -0.826. The second-order valence-electron chi connectivity index (χ2n) is 3.83. The second-order valence-corrected chi connectivity index (χ2v) is 4.20. The topological polar surface area (TPSA) is 49.3 Å². The first-order valence-corrected chi connectivity index (χ1v) is 4.72. The number of carbonyl (C=O) groups excluding carboxylic acids is 1. The Kier molecular flexibility index (Phi) is 2.68. The molecule has 12 heavy (non-hydrogen) atoms. The number of hydrogen-bond donors (Lipinski definition) is 3. The first-order valence-electron chi connectivity index (χ1n) is 4.08. The van der Waals surface area contributed by atoms with E-state index in [0.717, 1.165) is 0 Å². The van der Waals surface area contributed by atoms with Crippen molar-refractivity contribution < 1.29 is 9.90 Å². The summed E-state index contributed by atoms with van der Waals surface area (Å²) < 4.78 is 0. The molecule has 0 unspecified atom stereocenters. The van der Waals surface area contributed by atoms with Crippen LogP contribution < -0.4 is 5.32 Å². The van der Waals surface area contributed by atoms with E-state index in [1.807, 2.05) is 0 Å². The van der Waals surface area contributed by atoms with E-state index in [1.54, 1.807) is 13.8 Å². The summed E-state index contributed by atoms with van der Waals surface area (Å²) in [6.45, 7) is 3.41. The van der Waals surface area contributed by atoms with Gasteiger partial charge in [0.25, 0.3) is 0 Å². The van der Waals surface area contributed by atoms with Crippen molar-refractivity contribution in [2.45, 2.75) is 31.9 Å². The Morgan fingerprint density at radius 3 is 2.58 bits per heavy atom. The normalized spacial score (nSPS) is 30.5. The number of aliphatic hydroxyl groups is 1. The van der Waals surface area contributed by atoms with Crippen LogP contribution in [-0.4, -0.2) is 28.4 Å². The van der Waals surface area contributed by atoms with E-state index in [2.05, 4.69) is 17.9 Å². The van der Waals surface area contributed by atoms with Gasteiger partial charge < -0.3 is 10.4 Å². The van der Waals surface area contributed by atoms with E-state index in [0.29, 0.717) is 12.2 Å². The quantitative estimate of drug-likeness (QED) is 0.543. The number of hydrogen-bond acceptors (Lipinski definition) is 3. The molecule has 0 bridgehead atoms. The highest BCUT2D eigenvalue weighted by Crippen LogP contribution is 2.24. The van der Waals surface area contributed by atoms with E-state index in [1.165, 1.54) is 0 Å². The van der Waals surface area contributed by atoms with Crippen molar-refractivity contribution in [2.75, 3.05) is 5.75 Å². The molecule has 0 saturated carbocycles. The monoisotopic (exact) mass is 189 g/mol. The van der Waals surface area contributed by atoms with Crippen LogP contribution in [0.3, 0.4) is 0 Å².